The van der Waals surface area contributed by atoms with Gasteiger partial charge in [-0.1, -0.05) is 17.7 Å². The smallest absolute Gasteiger partial charge is 0.252 e. The molecule has 0 fully saturated rings. The highest BCUT2D eigenvalue weighted by Gasteiger charge is 2.17. The highest BCUT2D eigenvalue weighted by atomic mass is 127. The summed E-state index contributed by atoms with van der Waals surface area (Å²) < 4.78 is 7.89. The van der Waals surface area contributed by atoms with Crippen LogP contribution in [-0.2, 0) is 11.3 Å². The normalized spacial score (nSPS) is 12.6. The molecular formula is C17H20ClIN2O2. The number of nitrogens with zero attached hydrogens (tertiary/aromatic N) is 2. The van der Waals surface area contributed by atoms with Gasteiger partial charge >= 0.3 is 0 Å². The zero-order chi connectivity index (χ0) is 17.0. The molecular weight excluding hydrogens is 427 g/mol. The molecule has 0 N–H and O–H groups in total. The van der Waals surface area contributed by atoms with E-state index in [0.29, 0.717) is 18.2 Å². The summed E-state index contributed by atoms with van der Waals surface area (Å²) in [5.74, 6) is 0. The Morgan fingerprint density at radius 3 is 2.65 bits per heavy atom. The fraction of sp³-hybridized carbons (Fsp3) is 0.353. The van der Waals surface area contributed by atoms with Crippen LogP contribution in [0.5, 0.6) is 0 Å². The van der Waals surface area contributed by atoms with Gasteiger partial charge in [0.1, 0.15) is 0 Å². The monoisotopic (exact) mass is 446 g/mol. The van der Waals surface area contributed by atoms with Crippen molar-refractivity contribution in [2.75, 3.05) is 27.7 Å². The van der Waals surface area contributed by atoms with E-state index < -0.39 is 0 Å². The zero-order valence-electron chi connectivity index (χ0n) is 13.4. The predicted octanol–water partition coefficient (Wildman–Crippen LogP) is 3.40. The van der Waals surface area contributed by atoms with E-state index >= 15 is 0 Å². The Labute approximate surface area is 155 Å². The quantitative estimate of drug-likeness (QED) is 0.638. The lowest BCUT2D eigenvalue weighted by Crippen LogP contribution is -2.32. The molecule has 0 radical (unpaired) electrons. The lowest BCUT2D eigenvalue weighted by molar-refractivity contribution is 0.184. The van der Waals surface area contributed by atoms with E-state index in [2.05, 4.69) is 27.5 Å². The first kappa shape index (κ1) is 18.4. The standard InChI is InChI=1S/C17H20ClIN2O2/c1-20(2)10-16(21-5-4-15(19)9-17(21)22)13-6-12(11-23-3)7-14(18)8-13/h4-9,16H,10-11H2,1-3H3. The summed E-state index contributed by atoms with van der Waals surface area (Å²) in [6.07, 6.45) is 1.84. The summed E-state index contributed by atoms with van der Waals surface area (Å²) >= 11 is 8.41. The van der Waals surface area contributed by atoms with Gasteiger partial charge in [0, 0.05) is 34.5 Å². The Kier molecular flexibility index (Phi) is 6.64. The summed E-state index contributed by atoms with van der Waals surface area (Å²) in [4.78, 5) is 14.5. The SMILES string of the molecule is COCc1cc(Cl)cc(C(CN(C)C)n2ccc(I)cc2=O)c1. The number of benzene rings is 1. The van der Waals surface area contributed by atoms with Crippen LogP contribution in [0.1, 0.15) is 17.2 Å². The van der Waals surface area contributed by atoms with Crippen molar-refractivity contribution in [1.82, 2.24) is 9.47 Å². The van der Waals surface area contributed by atoms with Gasteiger partial charge in [-0.15, -0.1) is 0 Å². The molecule has 2 rings (SSSR count). The van der Waals surface area contributed by atoms with Crippen molar-refractivity contribution in [2.45, 2.75) is 12.6 Å². The van der Waals surface area contributed by atoms with Crippen molar-refractivity contribution < 1.29 is 4.74 Å². The summed E-state index contributed by atoms with van der Waals surface area (Å²) in [6, 6.07) is 9.32. The first-order chi connectivity index (χ1) is 10.9. The fourth-order valence-electron chi connectivity index (χ4n) is 2.54. The van der Waals surface area contributed by atoms with Crippen molar-refractivity contribution in [3.63, 3.8) is 0 Å². The predicted molar refractivity (Wildman–Crippen MR) is 102 cm³/mol. The topological polar surface area (TPSA) is 34.5 Å². The molecule has 0 amide bonds. The molecule has 0 bridgehead atoms. The fourth-order valence-corrected chi connectivity index (χ4v) is 3.23. The number of hydrogen-bond donors (Lipinski definition) is 0. The minimum absolute atomic E-state index is 0.0167. The summed E-state index contributed by atoms with van der Waals surface area (Å²) in [6.45, 7) is 1.19. The van der Waals surface area contributed by atoms with Gasteiger partial charge in [-0.3, -0.25) is 4.79 Å². The third kappa shape index (κ3) is 5.04. The minimum Gasteiger partial charge on any atom is -0.380 e. The van der Waals surface area contributed by atoms with Gasteiger partial charge in [-0.25, -0.2) is 0 Å². The lowest BCUT2D eigenvalue weighted by Gasteiger charge is -2.24. The van der Waals surface area contributed by atoms with Gasteiger partial charge in [0.25, 0.3) is 5.56 Å². The maximum absolute atomic E-state index is 12.4. The lowest BCUT2D eigenvalue weighted by atomic mass is 10.0. The highest BCUT2D eigenvalue weighted by molar-refractivity contribution is 14.1. The number of aromatic nitrogens is 1. The number of rotatable bonds is 6. The van der Waals surface area contributed by atoms with Crippen molar-refractivity contribution in [3.8, 4) is 0 Å². The largest absolute Gasteiger partial charge is 0.380 e. The first-order valence-corrected chi connectivity index (χ1v) is 8.67. The number of likely N-dealkylation sites (N-methyl/N-ethyl adjacent to an activating group) is 1. The molecule has 1 aromatic carbocycles. The maximum atomic E-state index is 12.4. The second kappa shape index (κ2) is 8.28. The Hall–Kier alpha value is -0.890. The molecule has 0 aliphatic rings. The Morgan fingerprint density at radius 2 is 2.04 bits per heavy atom. The first-order valence-electron chi connectivity index (χ1n) is 7.21. The van der Waals surface area contributed by atoms with Crippen LogP contribution in [-0.4, -0.2) is 37.2 Å². The molecule has 1 heterocycles. The third-order valence-corrected chi connectivity index (χ3v) is 4.35. The van der Waals surface area contributed by atoms with E-state index in [1.54, 1.807) is 17.7 Å². The van der Waals surface area contributed by atoms with E-state index in [0.717, 1.165) is 14.7 Å². The molecule has 2 aromatic rings. The number of hydrogen-bond acceptors (Lipinski definition) is 3. The Bertz CT molecular complexity index is 731. The van der Waals surface area contributed by atoms with Gasteiger partial charge in [-0.2, -0.15) is 0 Å². The number of ether oxygens (including phenoxy) is 1. The van der Waals surface area contributed by atoms with Gasteiger partial charge in [-0.05, 0) is 66.0 Å². The third-order valence-electron chi connectivity index (χ3n) is 3.46. The van der Waals surface area contributed by atoms with Crippen LogP contribution in [0.2, 0.25) is 5.02 Å². The van der Waals surface area contributed by atoms with Gasteiger partial charge in [0.05, 0.1) is 12.6 Å². The average Bonchev–Trinajstić information content (AvgIpc) is 2.45. The van der Waals surface area contributed by atoms with Gasteiger partial charge in [0.2, 0.25) is 0 Å². The van der Waals surface area contributed by atoms with E-state index in [1.807, 2.05) is 44.6 Å². The van der Waals surface area contributed by atoms with Crippen molar-refractivity contribution in [1.29, 1.82) is 0 Å². The van der Waals surface area contributed by atoms with E-state index in [9.17, 15) is 4.79 Å². The molecule has 1 aromatic heterocycles. The van der Waals surface area contributed by atoms with Crippen LogP contribution >= 0.6 is 34.2 Å². The molecule has 0 aliphatic heterocycles. The molecule has 4 nitrogen and oxygen atoms in total. The zero-order valence-corrected chi connectivity index (χ0v) is 16.3. The molecule has 0 saturated carbocycles. The average molecular weight is 447 g/mol. The van der Waals surface area contributed by atoms with Crippen LogP contribution in [0.15, 0.2) is 41.3 Å². The second-order valence-electron chi connectivity index (χ2n) is 5.69. The molecule has 23 heavy (non-hydrogen) atoms. The number of methoxy groups -OCH3 is 1. The molecule has 0 saturated heterocycles. The summed E-state index contributed by atoms with van der Waals surface area (Å²) in [5.41, 5.74) is 1.98. The Balaban J connectivity index is 2.52. The summed E-state index contributed by atoms with van der Waals surface area (Å²) in [7, 11) is 5.64. The molecule has 6 heteroatoms. The number of halogens is 2. The van der Waals surface area contributed by atoms with Crippen molar-refractivity contribution >= 4 is 34.2 Å². The van der Waals surface area contributed by atoms with Crippen LogP contribution in [0, 0.1) is 3.57 Å². The Morgan fingerprint density at radius 1 is 1.30 bits per heavy atom. The van der Waals surface area contributed by atoms with E-state index in [-0.39, 0.29) is 11.6 Å². The second-order valence-corrected chi connectivity index (χ2v) is 7.38. The van der Waals surface area contributed by atoms with Crippen LogP contribution < -0.4 is 5.56 Å². The van der Waals surface area contributed by atoms with Crippen molar-refractivity contribution in [3.05, 3.63) is 66.6 Å². The van der Waals surface area contributed by atoms with Crippen LogP contribution in [0.3, 0.4) is 0 Å². The molecule has 1 unspecified atom stereocenters. The van der Waals surface area contributed by atoms with Gasteiger partial charge < -0.3 is 14.2 Å². The maximum Gasteiger partial charge on any atom is 0.252 e. The van der Waals surface area contributed by atoms with E-state index in [4.69, 9.17) is 16.3 Å². The molecule has 0 spiro atoms. The molecule has 1 atom stereocenters. The van der Waals surface area contributed by atoms with Gasteiger partial charge in [0.15, 0.2) is 0 Å². The summed E-state index contributed by atoms with van der Waals surface area (Å²) in [5, 5.41) is 0.650. The van der Waals surface area contributed by atoms with E-state index in [1.165, 1.54) is 0 Å². The minimum atomic E-state index is -0.108. The molecule has 124 valence electrons. The number of pyridine rings is 1. The van der Waals surface area contributed by atoms with Crippen LogP contribution in [0.25, 0.3) is 0 Å². The molecule has 0 aliphatic carbocycles. The van der Waals surface area contributed by atoms with Crippen molar-refractivity contribution in [2.24, 2.45) is 0 Å². The van der Waals surface area contributed by atoms with Crippen LogP contribution in [0.4, 0.5) is 0 Å². The highest BCUT2D eigenvalue weighted by Crippen LogP contribution is 2.24.